The molecular weight excluding hydrogens is 414 g/mol. The number of hydrogen-bond donors (Lipinski definition) is 1. The fourth-order valence-corrected chi connectivity index (χ4v) is 5.64. The number of hydrogen-bond acceptors (Lipinski definition) is 7. The molecule has 1 fully saturated rings. The highest BCUT2D eigenvalue weighted by Gasteiger charge is 2.27. The van der Waals surface area contributed by atoms with E-state index in [2.05, 4.69) is 15.1 Å². The number of ether oxygens (including phenoxy) is 1. The van der Waals surface area contributed by atoms with Gasteiger partial charge in [-0.3, -0.25) is 14.6 Å². The van der Waals surface area contributed by atoms with Gasteiger partial charge >= 0.3 is 5.97 Å². The fourth-order valence-electron chi connectivity index (χ4n) is 4.35. The van der Waals surface area contributed by atoms with Crippen molar-refractivity contribution in [1.29, 1.82) is 0 Å². The van der Waals surface area contributed by atoms with Gasteiger partial charge in [-0.2, -0.15) is 0 Å². The van der Waals surface area contributed by atoms with Gasteiger partial charge in [-0.25, -0.2) is 4.79 Å². The summed E-state index contributed by atoms with van der Waals surface area (Å²) < 4.78 is 10.7. The van der Waals surface area contributed by atoms with E-state index in [0.717, 1.165) is 69.7 Å². The van der Waals surface area contributed by atoms with Crippen LogP contribution in [0.5, 0.6) is 0 Å². The fraction of sp³-hybridized carbons (Fsp3) is 0.565. The van der Waals surface area contributed by atoms with Crippen molar-refractivity contribution in [2.24, 2.45) is 0 Å². The number of thiophene rings is 1. The van der Waals surface area contributed by atoms with Gasteiger partial charge in [0, 0.05) is 31.1 Å². The minimum absolute atomic E-state index is 0.0681. The van der Waals surface area contributed by atoms with E-state index in [1.165, 1.54) is 11.3 Å². The average molecular weight is 446 g/mol. The summed E-state index contributed by atoms with van der Waals surface area (Å²) >= 11 is 1.55. The van der Waals surface area contributed by atoms with Crippen molar-refractivity contribution in [3.63, 3.8) is 0 Å². The van der Waals surface area contributed by atoms with Gasteiger partial charge in [-0.05, 0) is 50.3 Å². The van der Waals surface area contributed by atoms with Crippen LogP contribution in [0.2, 0.25) is 0 Å². The van der Waals surface area contributed by atoms with Gasteiger partial charge in [-0.1, -0.05) is 6.42 Å². The number of esters is 1. The molecule has 1 aliphatic carbocycles. The molecule has 1 N–H and O–H groups in total. The molecule has 1 amide bonds. The van der Waals surface area contributed by atoms with Crippen LogP contribution in [0.15, 0.2) is 22.8 Å². The number of anilines is 1. The maximum atomic E-state index is 12.8. The first-order chi connectivity index (χ1) is 15.1. The molecule has 0 bridgehead atoms. The quantitative estimate of drug-likeness (QED) is 0.519. The summed E-state index contributed by atoms with van der Waals surface area (Å²) in [5.74, 6) is 0.584. The minimum atomic E-state index is -0.316. The second-order valence-corrected chi connectivity index (χ2v) is 9.27. The first-order valence-electron chi connectivity index (χ1n) is 11.2. The van der Waals surface area contributed by atoms with Crippen LogP contribution >= 0.6 is 11.3 Å². The zero-order chi connectivity index (χ0) is 21.6. The average Bonchev–Trinajstić information content (AvgIpc) is 3.31. The van der Waals surface area contributed by atoms with Crippen molar-refractivity contribution < 1.29 is 18.7 Å². The Labute approximate surface area is 187 Å². The summed E-state index contributed by atoms with van der Waals surface area (Å²) in [6.07, 6.45) is 6.94. The van der Waals surface area contributed by atoms with Gasteiger partial charge in [0.15, 0.2) is 0 Å². The number of rotatable bonds is 7. The largest absolute Gasteiger partial charge is 0.468 e. The van der Waals surface area contributed by atoms with Gasteiger partial charge in [0.25, 0.3) is 0 Å². The third kappa shape index (κ3) is 5.56. The predicted octanol–water partition coefficient (Wildman–Crippen LogP) is 3.54. The zero-order valence-electron chi connectivity index (χ0n) is 18.2. The molecule has 4 rings (SSSR count). The number of fused-ring (bicyclic) bond motifs is 1. The number of nitrogens with one attached hydrogen (secondary N) is 1. The van der Waals surface area contributed by atoms with E-state index in [1.807, 2.05) is 19.1 Å². The molecular formula is C23H31N3O4S. The molecule has 0 atom stereocenters. The highest BCUT2D eigenvalue weighted by atomic mass is 32.1. The molecule has 0 saturated carbocycles. The van der Waals surface area contributed by atoms with Crippen molar-refractivity contribution in [2.45, 2.75) is 45.6 Å². The Hall–Kier alpha value is -2.16. The second-order valence-electron chi connectivity index (χ2n) is 8.17. The third-order valence-corrected chi connectivity index (χ3v) is 7.15. The van der Waals surface area contributed by atoms with Crippen LogP contribution in [0.25, 0.3) is 0 Å². The number of piperazine rings is 1. The number of amides is 1. The van der Waals surface area contributed by atoms with Crippen LogP contribution in [-0.2, 0) is 28.9 Å². The van der Waals surface area contributed by atoms with Crippen LogP contribution in [-0.4, -0.2) is 61.0 Å². The lowest BCUT2D eigenvalue weighted by molar-refractivity contribution is -0.117. The molecule has 2 aromatic rings. The normalized spacial score (nSPS) is 17.7. The molecule has 168 valence electrons. The van der Waals surface area contributed by atoms with Gasteiger partial charge in [0.2, 0.25) is 5.91 Å². The number of carbonyl (C=O) groups excluding carboxylic acids is 2. The maximum absolute atomic E-state index is 12.8. The van der Waals surface area contributed by atoms with E-state index in [0.29, 0.717) is 23.7 Å². The molecule has 0 spiro atoms. The Kier molecular flexibility index (Phi) is 7.42. The van der Waals surface area contributed by atoms with Crippen molar-refractivity contribution in [1.82, 2.24) is 9.80 Å². The number of carbonyl (C=O) groups is 2. The molecule has 1 aliphatic heterocycles. The van der Waals surface area contributed by atoms with E-state index in [9.17, 15) is 9.59 Å². The van der Waals surface area contributed by atoms with Gasteiger partial charge in [-0.15, -0.1) is 11.3 Å². The van der Waals surface area contributed by atoms with Crippen molar-refractivity contribution in [2.75, 3.05) is 44.6 Å². The molecule has 31 heavy (non-hydrogen) atoms. The van der Waals surface area contributed by atoms with Crippen molar-refractivity contribution in [3.8, 4) is 0 Å². The lowest BCUT2D eigenvalue weighted by Crippen LogP contribution is -2.48. The Bertz CT molecular complexity index is 885. The smallest absolute Gasteiger partial charge is 0.341 e. The number of furan rings is 1. The topological polar surface area (TPSA) is 75.0 Å². The van der Waals surface area contributed by atoms with Crippen LogP contribution in [0, 0.1) is 0 Å². The molecule has 1 saturated heterocycles. The van der Waals surface area contributed by atoms with E-state index >= 15 is 0 Å². The lowest BCUT2D eigenvalue weighted by Gasteiger charge is -2.33. The van der Waals surface area contributed by atoms with E-state index < -0.39 is 0 Å². The second kappa shape index (κ2) is 10.4. The predicted molar refractivity (Wildman–Crippen MR) is 121 cm³/mol. The molecule has 3 heterocycles. The monoisotopic (exact) mass is 445 g/mol. The lowest BCUT2D eigenvalue weighted by atomic mass is 10.1. The Morgan fingerprint density at radius 2 is 1.90 bits per heavy atom. The van der Waals surface area contributed by atoms with Crippen LogP contribution in [0.4, 0.5) is 5.00 Å². The number of aryl methyl sites for hydroxylation is 1. The standard InChI is InChI=1S/C23H31N3O4S/c1-2-29-23(28)21-18-8-4-3-5-9-19(18)31-22(21)24-20(27)16-26-12-10-25(11-13-26)15-17-7-6-14-30-17/h6-7,14H,2-5,8-13,15-16H2,1H3,(H,24,27). The summed E-state index contributed by atoms with van der Waals surface area (Å²) in [5.41, 5.74) is 1.67. The summed E-state index contributed by atoms with van der Waals surface area (Å²) in [7, 11) is 0. The summed E-state index contributed by atoms with van der Waals surface area (Å²) in [6, 6.07) is 3.90. The molecule has 0 aromatic carbocycles. The Balaban J connectivity index is 1.35. The summed E-state index contributed by atoms with van der Waals surface area (Å²) in [6.45, 7) is 6.74. The van der Waals surface area contributed by atoms with Gasteiger partial charge in [0.1, 0.15) is 10.8 Å². The molecule has 8 heteroatoms. The first-order valence-corrected chi connectivity index (χ1v) is 12.0. The Morgan fingerprint density at radius 3 is 2.65 bits per heavy atom. The molecule has 2 aromatic heterocycles. The highest BCUT2D eigenvalue weighted by molar-refractivity contribution is 7.17. The molecule has 0 unspecified atom stereocenters. The van der Waals surface area contributed by atoms with Crippen LogP contribution in [0.1, 0.15) is 52.7 Å². The summed E-state index contributed by atoms with van der Waals surface area (Å²) in [4.78, 5) is 31.2. The van der Waals surface area contributed by atoms with E-state index in [-0.39, 0.29) is 11.9 Å². The maximum Gasteiger partial charge on any atom is 0.341 e. The Morgan fingerprint density at radius 1 is 1.13 bits per heavy atom. The van der Waals surface area contributed by atoms with E-state index in [4.69, 9.17) is 9.15 Å². The van der Waals surface area contributed by atoms with Gasteiger partial charge < -0.3 is 14.5 Å². The third-order valence-electron chi connectivity index (χ3n) is 5.95. The number of nitrogens with zero attached hydrogens (tertiary/aromatic N) is 2. The minimum Gasteiger partial charge on any atom is -0.468 e. The first kappa shape index (κ1) is 22.0. The molecule has 7 nitrogen and oxygen atoms in total. The molecule has 2 aliphatic rings. The van der Waals surface area contributed by atoms with Crippen molar-refractivity contribution >= 4 is 28.2 Å². The zero-order valence-corrected chi connectivity index (χ0v) is 19.0. The van der Waals surface area contributed by atoms with E-state index in [1.54, 1.807) is 17.6 Å². The molecule has 0 radical (unpaired) electrons. The van der Waals surface area contributed by atoms with Crippen molar-refractivity contribution in [3.05, 3.63) is 40.2 Å². The SMILES string of the molecule is CCOC(=O)c1c(NC(=O)CN2CCN(Cc3ccco3)CC2)sc2c1CCCCC2. The van der Waals surface area contributed by atoms with Gasteiger partial charge in [0.05, 0.1) is 31.5 Å². The highest BCUT2D eigenvalue weighted by Crippen LogP contribution is 2.38. The van der Waals surface area contributed by atoms with Crippen LogP contribution in [0.3, 0.4) is 0 Å². The summed E-state index contributed by atoms with van der Waals surface area (Å²) in [5, 5.41) is 3.69. The van der Waals surface area contributed by atoms with Crippen LogP contribution < -0.4 is 5.32 Å².